The Morgan fingerprint density at radius 1 is 1.03 bits per heavy atom. The fourth-order valence-corrected chi connectivity index (χ4v) is 4.23. The van der Waals surface area contributed by atoms with E-state index in [2.05, 4.69) is 5.32 Å². The van der Waals surface area contributed by atoms with Crippen LogP contribution in [0.2, 0.25) is 0 Å². The Labute approximate surface area is 177 Å². The van der Waals surface area contributed by atoms with Crippen molar-refractivity contribution in [1.29, 1.82) is 0 Å². The normalized spacial score (nSPS) is 18.7. The first-order valence-electron chi connectivity index (χ1n) is 9.43. The highest BCUT2D eigenvalue weighted by molar-refractivity contribution is 7.90. The van der Waals surface area contributed by atoms with Crippen LogP contribution in [0.4, 0.5) is 0 Å². The summed E-state index contributed by atoms with van der Waals surface area (Å²) in [5, 5.41) is 2.15. The molecule has 2 aromatic rings. The molecule has 0 aliphatic carbocycles. The van der Waals surface area contributed by atoms with E-state index >= 15 is 0 Å². The van der Waals surface area contributed by atoms with Gasteiger partial charge in [0, 0.05) is 12.7 Å². The molecule has 0 spiro atoms. The molecule has 0 bridgehead atoms. The monoisotopic (exact) mass is 442 g/mol. The van der Waals surface area contributed by atoms with E-state index in [0.29, 0.717) is 5.56 Å². The molecule has 2 aliphatic rings. The number of imide groups is 2. The van der Waals surface area contributed by atoms with Crippen molar-refractivity contribution >= 4 is 33.5 Å². The first kappa shape index (κ1) is 20.7. The highest BCUT2D eigenvalue weighted by atomic mass is 32.2. The van der Waals surface area contributed by atoms with Crippen LogP contribution >= 0.6 is 0 Å². The summed E-state index contributed by atoms with van der Waals surface area (Å²) >= 11 is 0. The number of nitrogens with one attached hydrogen (secondary N) is 1. The highest BCUT2D eigenvalue weighted by Gasteiger charge is 2.45. The van der Waals surface area contributed by atoms with E-state index in [4.69, 9.17) is 4.74 Å². The average Bonchev–Trinajstić information content (AvgIpc) is 2.97. The van der Waals surface area contributed by atoms with E-state index in [1.54, 1.807) is 24.3 Å². The van der Waals surface area contributed by atoms with Crippen LogP contribution in [0.25, 0.3) is 0 Å². The molecule has 1 saturated heterocycles. The van der Waals surface area contributed by atoms with Crippen LogP contribution in [-0.2, 0) is 26.0 Å². The Balaban J connectivity index is 1.56. The van der Waals surface area contributed by atoms with E-state index in [0.717, 1.165) is 11.2 Å². The Morgan fingerprint density at radius 3 is 2.39 bits per heavy atom. The first-order chi connectivity index (χ1) is 14.7. The molecule has 31 heavy (non-hydrogen) atoms. The smallest absolute Gasteiger partial charge is 0.266 e. The topological polar surface area (TPSA) is 127 Å². The molecule has 4 amide bonds. The molecule has 1 N–H and O–H groups in total. The predicted molar refractivity (Wildman–Crippen MR) is 107 cm³/mol. The number of sulfone groups is 1. The maximum Gasteiger partial charge on any atom is 0.266 e. The minimum atomic E-state index is -3.32. The summed E-state index contributed by atoms with van der Waals surface area (Å²) in [7, 11) is -3.32. The maximum atomic E-state index is 13.0. The zero-order valence-corrected chi connectivity index (χ0v) is 17.3. The van der Waals surface area contributed by atoms with Crippen molar-refractivity contribution in [2.24, 2.45) is 0 Å². The molecule has 2 heterocycles. The molecule has 0 radical (unpaired) electrons. The van der Waals surface area contributed by atoms with Gasteiger partial charge >= 0.3 is 0 Å². The van der Waals surface area contributed by atoms with Crippen LogP contribution in [-0.4, -0.2) is 49.2 Å². The van der Waals surface area contributed by atoms with Gasteiger partial charge in [-0.3, -0.25) is 29.4 Å². The second-order valence-corrected chi connectivity index (χ2v) is 9.35. The molecule has 2 aliphatic heterocycles. The number of carbonyl (C=O) groups excluding carboxylic acids is 4. The third-order valence-electron chi connectivity index (χ3n) is 5.18. The number of hydrogen-bond acceptors (Lipinski definition) is 7. The van der Waals surface area contributed by atoms with Gasteiger partial charge in [0.2, 0.25) is 11.8 Å². The summed E-state index contributed by atoms with van der Waals surface area (Å²) in [6, 6.07) is 9.66. The van der Waals surface area contributed by atoms with Gasteiger partial charge in [-0.05, 0) is 36.2 Å². The summed E-state index contributed by atoms with van der Waals surface area (Å²) in [6.07, 6.45) is 1.22. The van der Waals surface area contributed by atoms with E-state index in [-0.39, 0.29) is 41.2 Å². The number of amides is 4. The molecule has 160 valence electrons. The van der Waals surface area contributed by atoms with Crippen LogP contribution in [0.3, 0.4) is 0 Å². The number of piperidine rings is 1. The predicted octanol–water partition coefficient (Wildman–Crippen LogP) is 1.07. The van der Waals surface area contributed by atoms with Gasteiger partial charge in [0.1, 0.15) is 18.4 Å². The molecular formula is C21H18N2O7S. The van der Waals surface area contributed by atoms with Gasteiger partial charge in [-0.2, -0.15) is 0 Å². The molecular weight excluding hydrogens is 424 g/mol. The van der Waals surface area contributed by atoms with Crippen LogP contribution in [0.15, 0.2) is 47.4 Å². The number of carbonyl (C=O) groups is 4. The Kier molecular flexibility index (Phi) is 5.10. The number of nitrogens with zero attached hydrogens (tertiary/aromatic N) is 1. The lowest BCUT2D eigenvalue weighted by atomic mass is 10.0. The lowest BCUT2D eigenvalue weighted by Crippen LogP contribution is -2.54. The molecule has 0 saturated carbocycles. The van der Waals surface area contributed by atoms with Gasteiger partial charge in [0.15, 0.2) is 9.84 Å². The lowest BCUT2D eigenvalue weighted by molar-refractivity contribution is -0.136. The van der Waals surface area contributed by atoms with E-state index in [1.165, 1.54) is 18.2 Å². The van der Waals surface area contributed by atoms with Gasteiger partial charge in [0.05, 0.1) is 16.0 Å². The molecule has 9 nitrogen and oxygen atoms in total. The van der Waals surface area contributed by atoms with Gasteiger partial charge in [-0.1, -0.05) is 18.2 Å². The largest absolute Gasteiger partial charge is 0.488 e. The fraction of sp³-hybridized carbons (Fsp3) is 0.238. The summed E-state index contributed by atoms with van der Waals surface area (Å²) < 4.78 is 28.9. The second kappa shape index (κ2) is 7.62. The van der Waals surface area contributed by atoms with Gasteiger partial charge in [-0.15, -0.1) is 0 Å². The van der Waals surface area contributed by atoms with Crippen molar-refractivity contribution in [3.63, 3.8) is 0 Å². The molecule has 4 rings (SSSR count). The summed E-state index contributed by atoms with van der Waals surface area (Å²) in [5.41, 5.74) is 0.855. The van der Waals surface area contributed by atoms with E-state index in [9.17, 15) is 27.6 Å². The number of hydrogen-bond donors (Lipinski definition) is 1. The van der Waals surface area contributed by atoms with Crippen LogP contribution in [0.5, 0.6) is 5.75 Å². The fourth-order valence-electron chi connectivity index (χ4n) is 3.60. The zero-order chi connectivity index (χ0) is 22.3. The van der Waals surface area contributed by atoms with Gasteiger partial charge < -0.3 is 4.74 Å². The quantitative estimate of drug-likeness (QED) is 0.686. The molecule has 1 fully saturated rings. The number of benzene rings is 2. The zero-order valence-electron chi connectivity index (χ0n) is 16.5. The Bertz CT molecular complexity index is 1220. The van der Waals surface area contributed by atoms with Crippen LogP contribution in [0.1, 0.15) is 39.1 Å². The second-order valence-electron chi connectivity index (χ2n) is 7.33. The van der Waals surface area contributed by atoms with E-state index < -0.39 is 39.5 Å². The maximum absolute atomic E-state index is 13.0. The van der Waals surface area contributed by atoms with Crippen molar-refractivity contribution in [3.8, 4) is 5.75 Å². The van der Waals surface area contributed by atoms with Crippen molar-refractivity contribution in [2.45, 2.75) is 30.4 Å². The van der Waals surface area contributed by atoms with Gasteiger partial charge in [-0.25, -0.2) is 8.42 Å². The number of rotatable bonds is 5. The van der Waals surface area contributed by atoms with Crippen LogP contribution < -0.4 is 10.1 Å². The van der Waals surface area contributed by atoms with Crippen LogP contribution in [0, 0.1) is 0 Å². The number of fused-ring (bicyclic) bond motifs is 1. The third-order valence-corrected chi connectivity index (χ3v) is 6.30. The molecule has 10 heteroatoms. The number of ether oxygens (including phenoxy) is 1. The summed E-state index contributed by atoms with van der Waals surface area (Å²) in [6.45, 7) is 0.0420. The Morgan fingerprint density at radius 2 is 1.74 bits per heavy atom. The minimum absolute atomic E-state index is 0.0383. The van der Waals surface area contributed by atoms with Crippen molar-refractivity contribution in [2.75, 3.05) is 6.26 Å². The third kappa shape index (κ3) is 3.81. The average molecular weight is 442 g/mol. The van der Waals surface area contributed by atoms with Crippen molar-refractivity contribution in [1.82, 2.24) is 10.2 Å². The first-order valence-corrected chi connectivity index (χ1v) is 11.3. The molecule has 1 unspecified atom stereocenters. The minimum Gasteiger partial charge on any atom is -0.488 e. The van der Waals surface area contributed by atoms with E-state index in [1.807, 2.05) is 0 Å². The molecule has 1 atom stereocenters. The highest BCUT2D eigenvalue weighted by Crippen LogP contribution is 2.34. The van der Waals surface area contributed by atoms with Crippen molar-refractivity contribution < 1.29 is 32.3 Å². The van der Waals surface area contributed by atoms with Crippen molar-refractivity contribution in [3.05, 3.63) is 59.2 Å². The summed E-state index contributed by atoms with van der Waals surface area (Å²) in [4.78, 5) is 50.5. The Hall–Kier alpha value is -3.53. The standard InChI is InChI=1S/C21H18N2O7S/c1-31(28,29)13-7-5-12(6-8-13)11-30-16-4-2-3-14-18(16)21(27)23(20(14)26)15-9-10-17(24)22-19(15)25/h2-8,15H,9-11H2,1H3,(H,22,24,25). The summed E-state index contributed by atoms with van der Waals surface area (Å²) in [5.74, 6) is -2.21. The lowest BCUT2D eigenvalue weighted by Gasteiger charge is -2.27. The molecule has 2 aromatic carbocycles. The molecule has 0 aromatic heterocycles. The SMILES string of the molecule is CS(=O)(=O)c1ccc(COc2cccc3c2C(=O)N(C2CCC(=O)NC2=O)C3=O)cc1. The van der Waals surface area contributed by atoms with Gasteiger partial charge in [0.25, 0.3) is 11.8 Å².